The molecule has 2 rings (SSSR count). The molecule has 0 spiro atoms. The SMILES string of the molecule is CCCS(=O)(=O)c1ccc(NCCC2CCCO2)cc1. The van der Waals surface area contributed by atoms with E-state index in [0.717, 1.165) is 38.1 Å². The Bertz CT molecular complexity index is 504. The van der Waals surface area contributed by atoms with Crippen LogP contribution in [0.3, 0.4) is 0 Å². The van der Waals surface area contributed by atoms with E-state index < -0.39 is 9.84 Å². The second kappa shape index (κ2) is 7.09. The quantitative estimate of drug-likeness (QED) is 0.841. The molecule has 0 radical (unpaired) electrons. The first kappa shape index (κ1) is 15.3. The normalized spacial score (nSPS) is 19.1. The van der Waals surface area contributed by atoms with E-state index in [9.17, 15) is 8.42 Å². The first-order chi connectivity index (χ1) is 9.62. The number of anilines is 1. The Hall–Kier alpha value is -1.07. The van der Waals surface area contributed by atoms with Crippen LogP contribution in [0.25, 0.3) is 0 Å². The summed E-state index contributed by atoms with van der Waals surface area (Å²) in [5, 5.41) is 3.31. The lowest BCUT2D eigenvalue weighted by Crippen LogP contribution is -2.12. The monoisotopic (exact) mass is 297 g/mol. The van der Waals surface area contributed by atoms with Crippen molar-refractivity contribution in [3.05, 3.63) is 24.3 Å². The van der Waals surface area contributed by atoms with E-state index in [0.29, 0.717) is 17.4 Å². The van der Waals surface area contributed by atoms with E-state index in [2.05, 4.69) is 5.32 Å². The van der Waals surface area contributed by atoms with Crippen LogP contribution >= 0.6 is 0 Å². The van der Waals surface area contributed by atoms with E-state index in [-0.39, 0.29) is 5.75 Å². The van der Waals surface area contributed by atoms with Crippen LogP contribution in [0, 0.1) is 0 Å². The van der Waals surface area contributed by atoms with Gasteiger partial charge in [0.05, 0.1) is 16.8 Å². The van der Waals surface area contributed by atoms with E-state index >= 15 is 0 Å². The Balaban J connectivity index is 1.85. The first-order valence-corrected chi connectivity index (χ1v) is 8.95. The summed E-state index contributed by atoms with van der Waals surface area (Å²) in [4.78, 5) is 0.407. The zero-order valence-electron chi connectivity index (χ0n) is 12.0. The molecule has 1 heterocycles. The van der Waals surface area contributed by atoms with Gasteiger partial charge in [-0.2, -0.15) is 0 Å². The summed E-state index contributed by atoms with van der Waals surface area (Å²) in [5.41, 5.74) is 0.957. The van der Waals surface area contributed by atoms with E-state index in [1.807, 2.05) is 19.1 Å². The van der Waals surface area contributed by atoms with Gasteiger partial charge >= 0.3 is 0 Å². The molecule has 1 aromatic rings. The maximum Gasteiger partial charge on any atom is 0.178 e. The van der Waals surface area contributed by atoms with Gasteiger partial charge in [-0.15, -0.1) is 0 Å². The molecule has 5 heteroatoms. The lowest BCUT2D eigenvalue weighted by Gasteiger charge is -2.11. The number of nitrogens with one attached hydrogen (secondary N) is 1. The summed E-state index contributed by atoms with van der Waals surface area (Å²) in [5.74, 6) is 0.207. The molecular weight excluding hydrogens is 274 g/mol. The topological polar surface area (TPSA) is 55.4 Å². The summed E-state index contributed by atoms with van der Waals surface area (Å²) < 4.78 is 29.4. The van der Waals surface area contributed by atoms with E-state index in [4.69, 9.17) is 4.74 Å². The predicted molar refractivity (Wildman–Crippen MR) is 80.9 cm³/mol. The molecule has 0 saturated carbocycles. The van der Waals surface area contributed by atoms with Gasteiger partial charge in [0.25, 0.3) is 0 Å². The summed E-state index contributed by atoms with van der Waals surface area (Å²) in [6, 6.07) is 7.02. The minimum Gasteiger partial charge on any atom is -0.385 e. The fraction of sp³-hybridized carbons (Fsp3) is 0.600. The predicted octanol–water partition coefficient (Wildman–Crippen LogP) is 2.85. The van der Waals surface area contributed by atoms with Gasteiger partial charge in [-0.3, -0.25) is 0 Å². The molecule has 112 valence electrons. The van der Waals surface area contributed by atoms with Crippen molar-refractivity contribution in [2.45, 2.75) is 43.6 Å². The van der Waals surface area contributed by atoms with Crippen LogP contribution in [-0.2, 0) is 14.6 Å². The van der Waals surface area contributed by atoms with Gasteiger partial charge in [-0.1, -0.05) is 6.92 Å². The number of benzene rings is 1. The smallest absolute Gasteiger partial charge is 0.178 e. The van der Waals surface area contributed by atoms with Crippen LogP contribution in [0.5, 0.6) is 0 Å². The second-order valence-electron chi connectivity index (χ2n) is 5.19. The maximum absolute atomic E-state index is 11.9. The fourth-order valence-corrected chi connectivity index (χ4v) is 3.74. The first-order valence-electron chi connectivity index (χ1n) is 7.30. The largest absolute Gasteiger partial charge is 0.385 e. The summed E-state index contributed by atoms with van der Waals surface area (Å²) in [6.45, 7) is 3.61. The number of ether oxygens (including phenoxy) is 1. The molecule has 1 aromatic carbocycles. The van der Waals surface area contributed by atoms with Crippen molar-refractivity contribution in [2.24, 2.45) is 0 Å². The third-order valence-corrected chi connectivity index (χ3v) is 5.44. The molecule has 1 aliphatic rings. The van der Waals surface area contributed by atoms with Gasteiger partial charge in [-0.05, 0) is 49.9 Å². The summed E-state index contributed by atoms with van der Waals surface area (Å²) in [6.07, 6.45) is 4.33. The van der Waals surface area contributed by atoms with E-state index in [1.165, 1.54) is 0 Å². The molecule has 4 nitrogen and oxygen atoms in total. The lowest BCUT2D eigenvalue weighted by molar-refractivity contribution is 0.107. The van der Waals surface area contributed by atoms with Gasteiger partial charge in [-0.25, -0.2) is 8.42 Å². The third kappa shape index (κ3) is 4.21. The maximum atomic E-state index is 11.9. The Morgan fingerprint density at radius 1 is 1.30 bits per heavy atom. The van der Waals surface area contributed by atoms with Gasteiger partial charge < -0.3 is 10.1 Å². The highest BCUT2D eigenvalue weighted by Gasteiger charge is 2.15. The highest BCUT2D eigenvalue weighted by Crippen LogP contribution is 2.18. The number of hydrogen-bond acceptors (Lipinski definition) is 4. The molecule has 1 fully saturated rings. The van der Waals surface area contributed by atoms with Crippen molar-refractivity contribution in [3.8, 4) is 0 Å². The van der Waals surface area contributed by atoms with Crippen molar-refractivity contribution >= 4 is 15.5 Å². The molecule has 0 amide bonds. The highest BCUT2D eigenvalue weighted by molar-refractivity contribution is 7.91. The lowest BCUT2D eigenvalue weighted by atomic mass is 10.2. The zero-order chi connectivity index (χ0) is 14.4. The Morgan fingerprint density at radius 3 is 2.65 bits per heavy atom. The highest BCUT2D eigenvalue weighted by atomic mass is 32.2. The molecule has 1 N–H and O–H groups in total. The van der Waals surface area contributed by atoms with Crippen molar-refractivity contribution in [1.82, 2.24) is 0 Å². The average molecular weight is 297 g/mol. The van der Waals surface area contributed by atoms with Crippen LogP contribution in [0.1, 0.15) is 32.6 Å². The average Bonchev–Trinajstić information content (AvgIpc) is 2.92. The van der Waals surface area contributed by atoms with Crippen LogP contribution in [-0.4, -0.2) is 33.4 Å². The van der Waals surface area contributed by atoms with Crippen molar-refractivity contribution in [3.63, 3.8) is 0 Å². The van der Waals surface area contributed by atoms with Crippen molar-refractivity contribution < 1.29 is 13.2 Å². The summed E-state index contributed by atoms with van der Waals surface area (Å²) >= 11 is 0. The molecule has 1 aliphatic heterocycles. The standard InChI is InChI=1S/C15H23NO3S/c1-2-12-20(17,18)15-7-5-13(6-8-15)16-10-9-14-4-3-11-19-14/h5-8,14,16H,2-4,9-12H2,1H3. The molecule has 0 aliphatic carbocycles. The Labute approximate surface area is 121 Å². The number of rotatable bonds is 7. The Kier molecular flexibility index (Phi) is 5.43. The van der Waals surface area contributed by atoms with Crippen LogP contribution < -0.4 is 5.32 Å². The van der Waals surface area contributed by atoms with Gasteiger partial charge in [0.1, 0.15) is 0 Å². The number of sulfone groups is 1. The third-order valence-electron chi connectivity index (χ3n) is 3.51. The molecular formula is C15H23NO3S. The van der Waals surface area contributed by atoms with Crippen LogP contribution in [0.15, 0.2) is 29.2 Å². The Morgan fingerprint density at radius 2 is 2.05 bits per heavy atom. The fourth-order valence-electron chi connectivity index (χ4n) is 2.42. The molecule has 20 heavy (non-hydrogen) atoms. The van der Waals surface area contributed by atoms with Gasteiger partial charge in [0, 0.05) is 18.8 Å². The van der Waals surface area contributed by atoms with Gasteiger partial charge in [0.15, 0.2) is 9.84 Å². The van der Waals surface area contributed by atoms with Crippen LogP contribution in [0.2, 0.25) is 0 Å². The van der Waals surface area contributed by atoms with Crippen molar-refractivity contribution in [2.75, 3.05) is 24.2 Å². The molecule has 0 aromatic heterocycles. The molecule has 0 bridgehead atoms. The van der Waals surface area contributed by atoms with E-state index in [1.54, 1.807) is 12.1 Å². The van der Waals surface area contributed by atoms with Crippen molar-refractivity contribution in [1.29, 1.82) is 0 Å². The molecule has 1 saturated heterocycles. The van der Waals surface area contributed by atoms with Crippen LogP contribution in [0.4, 0.5) is 5.69 Å². The molecule has 1 atom stereocenters. The minimum atomic E-state index is -3.11. The zero-order valence-corrected chi connectivity index (χ0v) is 12.8. The minimum absolute atomic E-state index is 0.207. The molecule has 1 unspecified atom stereocenters. The second-order valence-corrected chi connectivity index (χ2v) is 7.30. The summed E-state index contributed by atoms with van der Waals surface area (Å²) in [7, 11) is -3.11. The van der Waals surface area contributed by atoms with Gasteiger partial charge in [0.2, 0.25) is 0 Å². The number of hydrogen-bond donors (Lipinski definition) is 1.